The molecule has 1 aliphatic heterocycles. The van der Waals surface area contributed by atoms with Gasteiger partial charge in [0, 0.05) is 49.7 Å². The van der Waals surface area contributed by atoms with Gasteiger partial charge in [0.25, 0.3) is 0 Å². The number of halogens is 1. The first-order chi connectivity index (χ1) is 12.0. The average molecular weight is 410 g/mol. The molecule has 0 saturated carbocycles. The fourth-order valence-electron chi connectivity index (χ4n) is 2.76. The molecule has 1 fully saturated rings. The minimum absolute atomic E-state index is 0.0132. The number of rotatable bonds is 6. The number of hydrogen-bond acceptors (Lipinski definition) is 3. The number of para-hydroxylation sites is 1. The highest BCUT2D eigenvalue weighted by molar-refractivity contribution is 9.10. The van der Waals surface area contributed by atoms with E-state index in [0.29, 0.717) is 19.1 Å². The van der Waals surface area contributed by atoms with Gasteiger partial charge in [0.05, 0.1) is 5.69 Å². The van der Waals surface area contributed by atoms with Crippen molar-refractivity contribution in [3.05, 3.63) is 28.7 Å². The second-order valence-corrected chi connectivity index (χ2v) is 7.33. The van der Waals surface area contributed by atoms with Crippen molar-refractivity contribution in [3.63, 3.8) is 0 Å². The zero-order chi connectivity index (χ0) is 18.2. The molecule has 0 aromatic heterocycles. The number of nitrogens with zero attached hydrogens (tertiary/aromatic N) is 2. The van der Waals surface area contributed by atoms with Gasteiger partial charge in [-0.1, -0.05) is 26.0 Å². The molecule has 1 aromatic carbocycles. The Bertz CT molecular complexity index is 605. The number of guanidine groups is 1. The van der Waals surface area contributed by atoms with E-state index < -0.39 is 0 Å². The summed E-state index contributed by atoms with van der Waals surface area (Å²) in [4.78, 5) is 18.2. The summed E-state index contributed by atoms with van der Waals surface area (Å²) in [6.07, 6.45) is 1.06. The molecule has 0 aliphatic carbocycles. The fourth-order valence-corrected chi connectivity index (χ4v) is 3.30. The Hall–Kier alpha value is -1.76. The molecular weight excluding hydrogens is 382 g/mol. The summed E-state index contributed by atoms with van der Waals surface area (Å²) >= 11 is 3.62. The van der Waals surface area contributed by atoms with Crippen LogP contribution in [0.5, 0.6) is 0 Å². The van der Waals surface area contributed by atoms with Gasteiger partial charge in [-0.25, -0.2) is 0 Å². The van der Waals surface area contributed by atoms with Crippen molar-refractivity contribution in [1.82, 2.24) is 16.0 Å². The highest BCUT2D eigenvalue weighted by Crippen LogP contribution is 2.28. The molecule has 1 aliphatic rings. The molecular formula is C18H28BrN5O. The van der Waals surface area contributed by atoms with E-state index in [2.05, 4.69) is 60.0 Å². The Morgan fingerprint density at radius 3 is 2.72 bits per heavy atom. The molecule has 3 N–H and O–H groups in total. The van der Waals surface area contributed by atoms with Crippen molar-refractivity contribution in [2.75, 3.05) is 38.1 Å². The SMILES string of the molecule is CN=C(NCCNC(=O)C(C)C)NC1CCN(c2ccccc2Br)C1. The third-order valence-corrected chi connectivity index (χ3v) is 4.86. The summed E-state index contributed by atoms with van der Waals surface area (Å²) in [6.45, 7) is 6.97. The van der Waals surface area contributed by atoms with Crippen molar-refractivity contribution < 1.29 is 4.79 Å². The molecule has 0 radical (unpaired) electrons. The molecule has 1 heterocycles. The van der Waals surface area contributed by atoms with E-state index in [1.165, 1.54) is 5.69 Å². The Morgan fingerprint density at radius 1 is 1.32 bits per heavy atom. The van der Waals surface area contributed by atoms with Crippen LogP contribution in [-0.4, -0.2) is 51.1 Å². The van der Waals surface area contributed by atoms with Crippen LogP contribution < -0.4 is 20.9 Å². The van der Waals surface area contributed by atoms with Crippen molar-refractivity contribution >= 4 is 33.5 Å². The van der Waals surface area contributed by atoms with Crippen molar-refractivity contribution in [2.45, 2.75) is 26.3 Å². The van der Waals surface area contributed by atoms with Crippen molar-refractivity contribution in [2.24, 2.45) is 10.9 Å². The summed E-state index contributed by atoms with van der Waals surface area (Å²) in [6, 6.07) is 8.65. The van der Waals surface area contributed by atoms with Crippen LogP contribution in [0.2, 0.25) is 0 Å². The third kappa shape index (κ3) is 5.92. The molecule has 0 spiro atoms. The third-order valence-electron chi connectivity index (χ3n) is 4.19. The minimum atomic E-state index is 0.0132. The van der Waals surface area contributed by atoms with Crippen LogP contribution in [0.3, 0.4) is 0 Å². The molecule has 6 nitrogen and oxygen atoms in total. The number of benzene rings is 1. The fraction of sp³-hybridized carbons (Fsp3) is 0.556. The van der Waals surface area contributed by atoms with Crippen molar-refractivity contribution in [3.8, 4) is 0 Å². The predicted molar refractivity (Wildman–Crippen MR) is 107 cm³/mol. The molecule has 1 aromatic rings. The Labute approximate surface area is 158 Å². The van der Waals surface area contributed by atoms with E-state index >= 15 is 0 Å². The second-order valence-electron chi connectivity index (χ2n) is 6.47. The van der Waals surface area contributed by atoms with Gasteiger partial charge in [0.2, 0.25) is 5.91 Å². The van der Waals surface area contributed by atoms with E-state index in [1.54, 1.807) is 7.05 Å². The van der Waals surface area contributed by atoms with Gasteiger partial charge in [0.1, 0.15) is 0 Å². The first-order valence-electron chi connectivity index (χ1n) is 8.75. The number of carbonyl (C=O) groups is 1. The molecule has 1 atom stereocenters. The lowest BCUT2D eigenvalue weighted by Crippen LogP contribution is -2.46. The van der Waals surface area contributed by atoms with Gasteiger partial charge < -0.3 is 20.9 Å². The van der Waals surface area contributed by atoms with Gasteiger partial charge in [-0.3, -0.25) is 9.79 Å². The normalized spacial score (nSPS) is 17.7. The highest BCUT2D eigenvalue weighted by atomic mass is 79.9. The lowest BCUT2D eigenvalue weighted by Gasteiger charge is -2.21. The molecule has 1 saturated heterocycles. The van der Waals surface area contributed by atoms with Crippen LogP contribution in [-0.2, 0) is 4.79 Å². The number of nitrogens with one attached hydrogen (secondary N) is 3. The number of hydrogen-bond donors (Lipinski definition) is 3. The summed E-state index contributed by atoms with van der Waals surface area (Å²) < 4.78 is 1.12. The number of anilines is 1. The zero-order valence-corrected chi connectivity index (χ0v) is 16.8. The van der Waals surface area contributed by atoms with Crippen molar-refractivity contribution in [1.29, 1.82) is 0 Å². The first-order valence-corrected chi connectivity index (χ1v) is 9.55. The quantitative estimate of drug-likeness (QED) is 0.381. The monoisotopic (exact) mass is 409 g/mol. The van der Waals surface area contributed by atoms with E-state index in [4.69, 9.17) is 0 Å². The molecule has 25 heavy (non-hydrogen) atoms. The lowest BCUT2D eigenvalue weighted by atomic mass is 10.2. The van der Waals surface area contributed by atoms with E-state index in [0.717, 1.165) is 29.9 Å². The summed E-state index contributed by atoms with van der Waals surface area (Å²) in [5, 5.41) is 9.61. The van der Waals surface area contributed by atoms with Gasteiger partial charge in [-0.05, 0) is 34.5 Å². The molecule has 2 rings (SSSR count). The summed E-state index contributed by atoms with van der Waals surface area (Å²) in [5.74, 6) is 0.863. The molecule has 138 valence electrons. The molecule has 7 heteroatoms. The van der Waals surface area contributed by atoms with Crippen LogP contribution in [0.15, 0.2) is 33.7 Å². The van der Waals surface area contributed by atoms with E-state index in [1.807, 2.05) is 19.9 Å². The largest absolute Gasteiger partial charge is 0.368 e. The maximum Gasteiger partial charge on any atom is 0.222 e. The molecule has 0 bridgehead atoms. The average Bonchev–Trinajstić information content (AvgIpc) is 3.05. The maximum absolute atomic E-state index is 11.5. The van der Waals surface area contributed by atoms with Crippen LogP contribution in [0, 0.1) is 5.92 Å². The van der Waals surface area contributed by atoms with Crippen LogP contribution in [0.1, 0.15) is 20.3 Å². The molecule has 1 amide bonds. The summed E-state index contributed by atoms with van der Waals surface area (Å²) in [5.41, 5.74) is 1.23. The lowest BCUT2D eigenvalue weighted by molar-refractivity contribution is -0.123. The van der Waals surface area contributed by atoms with Crippen LogP contribution in [0.25, 0.3) is 0 Å². The topological polar surface area (TPSA) is 68.8 Å². The highest BCUT2D eigenvalue weighted by Gasteiger charge is 2.24. The zero-order valence-electron chi connectivity index (χ0n) is 15.2. The van der Waals surface area contributed by atoms with Crippen LogP contribution >= 0.6 is 15.9 Å². The Morgan fingerprint density at radius 2 is 2.04 bits per heavy atom. The standard InChI is InChI=1S/C18H28BrN5O/c1-13(2)17(25)21-9-10-22-18(20-3)23-14-8-11-24(12-14)16-7-5-4-6-15(16)19/h4-7,13-14H,8-12H2,1-3H3,(H,21,25)(H2,20,22,23). The number of carbonyl (C=O) groups excluding carboxylic acids is 1. The second kappa shape index (κ2) is 9.65. The Balaban J connectivity index is 1.75. The van der Waals surface area contributed by atoms with Gasteiger partial charge >= 0.3 is 0 Å². The van der Waals surface area contributed by atoms with E-state index in [-0.39, 0.29) is 11.8 Å². The van der Waals surface area contributed by atoms with Crippen LogP contribution in [0.4, 0.5) is 5.69 Å². The Kier molecular flexibility index (Phi) is 7.55. The maximum atomic E-state index is 11.5. The van der Waals surface area contributed by atoms with E-state index in [9.17, 15) is 4.79 Å². The number of amides is 1. The predicted octanol–water partition coefficient (Wildman–Crippen LogP) is 1.97. The summed E-state index contributed by atoms with van der Waals surface area (Å²) in [7, 11) is 1.77. The molecule has 1 unspecified atom stereocenters. The number of aliphatic imine (C=N–C) groups is 1. The van der Waals surface area contributed by atoms with Gasteiger partial charge in [-0.15, -0.1) is 0 Å². The first kappa shape index (κ1) is 19.6. The van der Waals surface area contributed by atoms with Gasteiger partial charge in [-0.2, -0.15) is 0 Å². The van der Waals surface area contributed by atoms with Gasteiger partial charge in [0.15, 0.2) is 5.96 Å². The smallest absolute Gasteiger partial charge is 0.222 e. The minimum Gasteiger partial charge on any atom is -0.368 e.